The highest BCUT2D eigenvalue weighted by Crippen LogP contribution is 2.28. The van der Waals surface area contributed by atoms with Crippen molar-refractivity contribution in [3.05, 3.63) is 40.4 Å². The zero-order valence-electron chi connectivity index (χ0n) is 12.7. The van der Waals surface area contributed by atoms with Crippen molar-refractivity contribution in [1.29, 1.82) is 0 Å². The molecule has 0 aliphatic carbocycles. The van der Waals surface area contributed by atoms with Gasteiger partial charge in [-0.05, 0) is 18.2 Å². The number of rotatable bonds is 1. The summed E-state index contributed by atoms with van der Waals surface area (Å²) >= 11 is 0. The van der Waals surface area contributed by atoms with Gasteiger partial charge in [0, 0.05) is 38.2 Å². The van der Waals surface area contributed by atoms with Gasteiger partial charge in [0.05, 0.1) is 23.1 Å². The van der Waals surface area contributed by atoms with Crippen LogP contribution in [0.15, 0.2) is 29.3 Å². The average molecular weight is 312 g/mol. The number of likely N-dealkylation sites (tertiary alicyclic amines) is 1. The summed E-state index contributed by atoms with van der Waals surface area (Å²) in [6, 6.07) is 4.94. The van der Waals surface area contributed by atoms with E-state index in [1.54, 1.807) is 30.1 Å². The first-order valence-electron chi connectivity index (χ1n) is 7.57. The summed E-state index contributed by atoms with van der Waals surface area (Å²) in [6.07, 6.45) is 1.45. The Balaban J connectivity index is 1.64. The number of carbonyl (C=O) groups is 2. The first-order valence-corrected chi connectivity index (χ1v) is 7.57. The van der Waals surface area contributed by atoms with Gasteiger partial charge in [0.1, 0.15) is 0 Å². The van der Waals surface area contributed by atoms with Crippen molar-refractivity contribution >= 4 is 22.7 Å². The van der Waals surface area contributed by atoms with Crippen LogP contribution < -0.4 is 10.9 Å². The van der Waals surface area contributed by atoms with E-state index in [2.05, 4.69) is 10.3 Å². The molecule has 7 nitrogen and oxygen atoms in total. The summed E-state index contributed by atoms with van der Waals surface area (Å²) < 4.78 is 1.41. The number of aryl methyl sites for hydroxylation is 1. The largest absolute Gasteiger partial charge is 0.355 e. The standard InChI is InChI=1S/C16H16N4O3/c1-19-8-18-13-4-9(2-3-11(13)16(19)23)15(22)20-6-10-5-17-14(21)12(10)7-20/h2-4,8,10,12H,5-7H2,1H3,(H,17,21)/t10-,12+/m0/s1. The van der Waals surface area contributed by atoms with Crippen LogP contribution in [0.3, 0.4) is 0 Å². The van der Waals surface area contributed by atoms with Crippen LogP contribution in [0.1, 0.15) is 10.4 Å². The number of aromatic nitrogens is 2. The zero-order chi connectivity index (χ0) is 16.1. The smallest absolute Gasteiger partial charge is 0.260 e. The molecule has 1 aromatic carbocycles. The summed E-state index contributed by atoms with van der Waals surface area (Å²) in [5.41, 5.74) is 0.871. The second-order valence-corrected chi connectivity index (χ2v) is 6.21. The third-order valence-electron chi connectivity index (χ3n) is 4.77. The lowest BCUT2D eigenvalue weighted by atomic mass is 10.0. The maximum atomic E-state index is 12.7. The molecular weight excluding hydrogens is 296 g/mol. The van der Waals surface area contributed by atoms with Gasteiger partial charge in [0.15, 0.2) is 0 Å². The number of carbonyl (C=O) groups excluding carboxylic acids is 2. The van der Waals surface area contributed by atoms with Crippen LogP contribution in [0.4, 0.5) is 0 Å². The van der Waals surface area contributed by atoms with Gasteiger partial charge in [-0.3, -0.25) is 14.4 Å². The van der Waals surface area contributed by atoms with Crippen LogP contribution >= 0.6 is 0 Å². The molecule has 0 radical (unpaired) electrons. The van der Waals surface area contributed by atoms with Crippen LogP contribution in [0.2, 0.25) is 0 Å². The molecule has 2 amide bonds. The Kier molecular flexibility index (Phi) is 2.97. The normalized spacial score (nSPS) is 23.2. The number of hydrogen-bond acceptors (Lipinski definition) is 4. The molecule has 0 unspecified atom stereocenters. The molecule has 0 spiro atoms. The lowest BCUT2D eigenvalue weighted by molar-refractivity contribution is -0.122. The highest BCUT2D eigenvalue weighted by atomic mass is 16.2. The Hall–Kier alpha value is -2.70. The van der Waals surface area contributed by atoms with Crippen molar-refractivity contribution in [2.24, 2.45) is 18.9 Å². The van der Waals surface area contributed by atoms with E-state index >= 15 is 0 Å². The van der Waals surface area contributed by atoms with Gasteiger partial charge >= 0.3 is 0 Å². The Morgan fingerprint density at radius 2 is 2.13 bits per heavy atom. The molecule has 2 atom stereocenters. The fourth-order valence-corrected chi connectivity index (χ4v) is 3.43. The van der Waals surface area contributed by atoms with Crippen molar-refractivity contribution < 1.29 is 9.59 Å². The third kappa shape index (κ3) is 2.11. The first-order chi connectivity index (χ1) is 11.0. The second-order valence-electron chi connectivity index (χ2n) is 6.21. The van der Waals surface area contributed by atoms with Crippen LogP contribution in [0.5, 0.6) is 0 Å². The molecule has 2 saturated heterocycles. The number of nitrogens with zero attached hydrogens (tertiary/aromatic N) is 3. The van der Waals surface area contributed by atoms with E-state index in [0.717, 1.165) is 0 Å². The van der Waals surface area contributed by atoms with Crippen molar-refractivity contribution in [1.82, 2.24) is 19.8 Å². The molecule has 2 aliphatic heterocycles. The quantitative estimate of drug-likeness (QED) is 0.787. The summed E-state index contributed by atoms with van der Waals surface area (Å²) in [6.45, 7) is 1.68. The van der Waals surface area contributed by atoms with Gasteiger partial charge in [-0.2, -0.15) is 0 Å². The van der Waals surface area contributed by atoms with Crippen LogP contribution in [0, 0.1) is 11.8 Å². The number of hydrogen-bond donors (Lipinski definition) is 1. The molecule has 7 heteroatoms. The number of benzene rings is 1. The van der Waals surface area contributed by atoms with Crippen LogP contribution in [-0.2, 0) is 11.8 Å². The number of fused-ring (bicyclic) bond motifs is 2. The van der Waals surface area contributed by atoms with E-state index in [0.29, 0.717) is 36.1 Å². The van der Waals surface area contributed by atoms with Gasteiger partial charge < -0.3 is 14.8 Å². The van der Waals surface area contributed by atoms with Gasteiger partial charge in [-0.15, -0.1) is 0 Å². The number of nitrogens with one attached hydrogen (secondary N) is 1. The van der Waals surface area contributed by atoms with Gasteiger partial charge in [-0.25, -0.2) is 4.98 Å². The van der Waals surface area contributed by atoms with Crippen molar-refractivity contribution in [3.8, 4) is 0 Å². The van der Waals surface area contributed by atoms with E-state index in [4.69, 9.17) is 0 Å². The van der Waals surface area contributed by atoms with E-state index in [1.807, 2.05) is 0 Å². The van der Waals surface area contributed by atoms with Crippen LogP contribution in [-0.4, -0.2) is 45.9 Å². The molecule has 0 bridgehead atoms. The summed E-state index contributed by atoms with van der Waals surface area (Å²) in [4.78, 5) is 42.3. The first kappa shape index (κ1) is 13.9. The Bertz CT molecular complexity index is 889. The van der Waals surface area contributed by atoms with Crippen molar-refractivity contribution in [3.63, 3.8) is 0 Å². The predicted molar refractivity (Wildman–Crippen MR) is 82.9 cm³/mol. The Morgan fingerprint density at radius 3 is 2.91 bits per heavy atom. The van der Waals surface area contributed by atoms with Gasteiger partial charge in [-0.1, -0.05) is 0 Å². The van der Waals surface area contributed by atoms with E-state index in [1.165, 1.54) is 10.9 Å². The molecule has 2 aromatic rings. The highest BCUT2D eigenvalue weighted by molar-refractivity contribution is 5.98. The molecule has 4 rings (SSSR count). The lowest BCUT2D eigenvalue weighted by Gasteiger charge is -2.17. The van der Waals surface area contributed by atoms with Crippen LogP contribution in [0.25, 0.3) is 10.9 Å². The summed E-state index contributed by atoms with van der Waals surface area (Å²) in [5.74, 6) is 0.0349. The van der Waals surface area contributed by atoms with Crippen molar-refractivity contribution in [2.75, 3.05) is 19.6 Å². The fraction of sp³-hybridized carbons (Fsp3) is 0.375. The minimum atomic E-state index is -0.138. The molecule has 1 N–H and O–H groups in total. The lowest BCUT2D eigenvalue weighted by Crippen LogP contribution is -2.33. The highest BCUT2D eigenvalue weighted by Gasteiger charge is 2.43. The maximum absolute atomic E-state index is 12.7. The fourth-order valence-electron chi connectivity index (χ4n) is 3.43. The second kappa shape index (κ2) is 4.91. The Labute approximate surface area is 131 Å². The average Bonchev–Trinajstić information content (AvgIpc) is 3.12. The molecule has 118 valence electrons. The maximum Gasteiger partial charge on any atom is 0.260 e. The Morgan fingerprint density at radius 1 is 1.30 bits per heavy atom. The summed E-state index contributed by atoms with van der Waals surface area (Å²) in [5, 5.41) is 3.32. The minimum absolute atomic E-state index is 0.0361. The predicted octanol–water partition coefficient (Wildman–Crippen LogP) is -0.249. The van der Waals surface area contributed by atoms with E-state index in [-0.39, 0.29) is 29.2 Å². The topological polar surface area (TPSA) is 84.3 Å². The molecule has 23 heavy (non-hydrogen) atoms. The molecular formula is C16H16N4O3. The minimum Gasteiger partial charge on any atom is -0.355 e. The molecule has 3 heterocycles. The molecule has 0 saturated carbocycles. The molecule has 2 aliphatic rings. The molecule has 2 fully saturated rings. The van der Waals surface area contributed by atoms with Crippen molar-refractivity contribution in [2.45, 2.75) is 0 Å². The van der Waals surface area contributed by atoms with Gasteiger partial charge in [0.25, 0.3) is 11.5 Å². The summed E-state index contributed by atoms with van der Waals surface area (Å²) in [7, 11) is 1.64. The zero-order valence-corrected chi connectivity index (χ0v) is 12.7. The van der Waals surface area contributed by atoms with Gasteiger partial charge in [0.2, 0.25) is 5.91 Å². The van der Waals surface area contributed by atoms with E-state index in [9.17, 15) is 14.4 Å². The molecule has 1 aromatic heterocycles. The third-order valence-corrected chi connectivity index (χ3v) is 4.77. The SMILES string of the molecule is Cn1cnc2cc(C(=O)N3C[C@@H]4CNC(=O)[C@@H]4C3)ccc2c1=O. The monoisotopic (exact) mass is 312 g/mol. The van der Waals surface area contributed by atoms with E-state index < -0.39 is 0 Å². The number of amides is 2.